The fourth-order valence-electron chi connectivity index (χ4n) is 7.36. The summed E-state index contributed by atoms with van der Waals surface area (Å²) in [6.07, 6.45) is 6.14. The Labute approximate surface area is 288 Å². The quantitative estimate of drug-likeness (QED) is 0.197. The van der Waals surface area contributed by atoms with Crippen LogP contribution in [0.1, 0.15) is 68.6 Å². The molecule has 260 valence electrons. The van der Waals surface area contributed by atoms with E-state index in [4.69, 9.17) is 0 Å². The maximum atomic E-state index is 14.1. The average molecular weight is 688 g/mol. The fraction of sp³-hybridized carbons (Fsp3) is 0.421. The van der Waals surface area contributed by atoms with Crippen molar-refractivity contribution in [1.82, 2.24) is 10.6 Å². The van der Waals surface area contributed by atoms with Crippen molar-refractivity contribution < 1.29 is 32.7 Å². The number of ketones is 1. The van der Waals surface area contributed by atoms with Gasteiger partial charge in [-0.15, -0.1) is 0 Å². The molecule has 1 unspecified atom stereocenters. The van der Waals surface area contributed by atoms with E-state index in [2.05, 4.69) is 10.6 Å². The third kappa shape index (κ3) is 8.11. The Kier molecular flexibility index (Phi) is 11.0. The van der Waals surface area contributed by atoms with Gasteiger partial charge in [0.15, 0.2) is 11.4 Å². The number of anilines is 1. The van der Waals surface area contributed by atoms with E-state index in [0.717, 1.165) is 18.4 Å². The van der Waals surface area contributed by atoms with Crippen LogP contribution in [0.5, 0.6) is 0 Å². The summed E-state index contributed by atoms with van der Waals surface area (Å²) < 4.78 is 23.1. The molecular weight excluding hydrogens is 642 g/mol. The van der Waals surface area contributed by atoms with Crippen molar-refractivity contribution in [3.63, 3.8) is 0 Å². The average Bonchev–Trinajstić information content (AvgIpc) is 3.67. The topological polar surface area (TPSA) is 150 Å². The number of benzene rings is 3. The van der Waals surface area contributed by atoms with Crippen LogP contribution in [-0.2, 0) is 47.5 Å². The van der Waals surface area contributed by atoms with Gasteiger partial charge in [0.25, 0.3) is 0 Å². The molecule has 2 aliphatic rings. The Morgan fingerprint density at radius 2 is 1.53 bits per heavy atom. The number of nitrogens with zero attached hydrogens (tertiary/aromatic N) is 1. The Bertz CT molecular complexity index is 1760. The molecule has 2 fully saturated rings. The number of carboxylic acids is 1. The summed E-state index contributed by atoms with van der Waals surface area (Å²) in [5.41, 5.74) is 0.534. The predicted molar refractivity (Wildman–Crippen MR) is 188 cm³/mol. The lowest BCUT2D eigenvalue weighted by atomic mass is 9.80. The Morgan fingerprint density at radius 1 is 0.918 bits per heavy atom. The monoisotopic (exact) mass is 687 g/mol. The number of aliphatic carboxylic acids is 1. The number of nitrogens with one attached hydrogen (secondary N) is 2. The van der Waals surface area contributed by atoms with E-state index < -0.39 is 39.0 Å². The SMILES string of the molecule is CC(=O)C1(c2ccccc2)N[C@H](Cc2ccccc2)C(=O)N1c1ccc(C[C@H](NC(=O)C2(CCCCS(C)(=O)=O)CCCC2)C(=O)O)cc1. The number of sulfone groups is 1. The van der Waals surface area contributed by atoms with Crippen molar-refractivity contribution in [2.24, 2.45) is 5.41 Å². The van der Waals surface area contributed by atoms with E-state index in [1.807, 2.05) is 60.7 Å². The largest absolute Gasteiger partial charge is 0.480 e. The molecule has 5 rings (SSSR count). The highest BCUT2D eigenvalue weighted by molar-refractivity contribution is 7.90. The van der Waals surface area contributed by atoms with Crippen LogP contribution in [0.25, 0.3) is 0 Å². The van der Waals surface area contributed by atoms with Gasteiger partial charge in [-0.1, -0.05) is 92.1 Å². The Balaban J connectivity index is 1.36. The second kappa shape index (κ2) is 15.0. The van der Waals surface area contributed by atoms with Crippen molar-refractivity contribution in [3.8, 4) is 0 Å². The maximum Gasteiger partial charge on any atom is 0.326 e. The second-order valence-corrected chi connectivity index (χ2v) is 15.8. The first-order valence-electron chi connectivity index (χ1n) is 16.9. The van der Waals surface area contributed by atoms with Crippen molar-refractivity contribution >= 4 is 39.1 Å². The normalized spacial score (nSPS) is 21.0. The van der Waals surface area contributed by atoms with Gasteiger partial charge in [0, 0.05) is 35.1 Å². The molecular formula is C38H45N3O7S. The van der Waals surface area contributed by atoms with Gasteiger partial charge < -0.3 is 10.4 Å². The van der Waals surface area contributed by atoms with Crippen molar-refractivity contribution in [3.05, 3.63) is 102 Å². The summed E-state index contributed by atoms with van der Waals surface area (Å²) in [4.78, 5) is 55.2. The van der Waals surface area contributed by atoms with Gasteiger partial charge in [-0.2, -0.15) is 0 Å². The highest BCUT2D eigenvalue weighted by Crippen LogP contribution is 2.43. The zero-order valence-electron chi connectivity index (χ0n) is 28.1. The molecule has 1 heterocycles. The van der Waals surface area contributed by atoms with E-state index >= 15 is 0 Å². The third-order valence-corrected chi connectivity index (χ3v) is 11.0. The molecule has 3 atom stereocenters. The van der Waals surface area contributed by atoms with Crippen LogP contribution in [0.3, 0.4) is 0 Å². The van der Waals surface area contributed by atoms with Crippen LogP contribution in [0, 0.1) is 5.41 Å². The lowest BCUT2D eigenvalue weighted by Crippen LogP contribution is -2.55. The second-order valence-electron chi connectivity index (χ2n) is 13.5. The number of rotatable bonds is 15. The van der Waals surface area contributed by atoms with Gasteiger partial charge in [0.05, 0.1) is 6.04 Å². The van der Waals surface area contributed by atoms with Gasteiger partial charge in [-0.05, 0) is 62.3 Å². The van der Waals surface area contributed by atoms with E-state index in [1.165, 1.54) is 18.1 Å². The number of Topliss-reactive ketones (excluding diaryl/α,β-unsaturated/α-hetero) is 1. The summed E-state index contributed by atoms with van der Waals surface area (Å²) >= 11 is 0. The number of hydrogen-bond donors (Lipinski definition) is 3. The first-order valence-corrected chi connectivity index (χ1v) is 18.9. The number of hydrogen-bond acceptors (Lipinski definition) is 7. The van der Waals surface area contributed by atoms with Crippen LogP contribution < -0.4 is 15.5 Å². The number of carbonyl (C=O) groups is 4. The lowest BCUT2D eigenvalue weighted by Gasteiger charge is -2.36. The minimum absolute atomic E-state index is 0.0187. The summed E-state index contributed by atoms with van der Waals surface area (Å²) in [6.45, 7) is 1.46. The van der Waals surface area contributed by atoms with Crippen LogP contribution in [0.2, 0.25) is 0 Å². The Morgan fingerprint density at radius 3 is 2.10 bits per heavy atom. The number of amides is 2. The molecule has 0 spiro atoms. The third-order valence-electron chi connectivity index (χ3n) is 9.92. The predicted octanol–water partition coefficient (Wildman–Crippen LogP) is 4.56. The van der Waals surface area contributed by atoms with E-state index in [9.17, 15) is 32.7 Å². The smallest absolute Gasteiger partial charge is 0.326 e. The molecule has 49 heavy (non-hydrogen) atoms. The van der Waals surface area contributed by atoms with Crippen LogP contribution in [0.15, 0.2) is 84.9 Å². The van der Waals surface area contributed by atoms with Crippen molar-refractivity contribution in [2.45, 2.75) is 82.5 Å². The minimum atomic E-state index is -3.10. The van der Waals surface area contributed by atoms with Crippen LogP contribution >= 0.6 is 0 Å². The molecule has 1 saturated heterocycles. The zero-order valence-corrected chi connectivity index (χ0v) is 28.9. The van der Waals surface area contributed by atoms with Crippen molar-refractivity contribution in [2.75, 3.05) is 16.9 Å². The number of carboxylic acid groups (broad SMARTS) is 1. The van der Waals surface area contributed by atoms with Crippen LogP contribution in [0.4, 0.5) is 5.69 Å². The maximum absolute atomic E-state index is 14.1. The standard InChI is InChI=1S/C38H45N3O7S/c1-27(42)38(30-15-7-4-8-16-30)40-32(25-28-13-5-3-6-14-28)34(43)41(38)31-19-17-29(18-20-31)26-33(35(44)45)39-36(46)37(21-9-10-22-37)23-11-12-24-49(2,47)48/h3-8,13-20,32-33,40H,9-12,21-26H2,1-2H3,(H,39,46)(H,44,45)/t32-,33+,38?/m1/s1. The van der Waals surface area contributed by atoms with E-state index in [0.29, 0.717) is 55.3 Å². The van der Waals surface area contributed by atoms with Gasteiger partial charge in [-0.3, -0.25) is 24.6 Å². The first kappa shape index (κ1) is 35.9. The molecule has 1 aliphatic carbocycles. The molecule has 0 aromatic heterocycles. The van der Waals surface area contributed by atoms with Gasteiger partial charge in [0.1, 0.15) is 15.9 Å². The molecule has 10 nitrogen and oxygen atoms in total. The van der Waals surface area contributed by atoms with E-state index in [-0.39, 0.29) is 29.8 Å². The summed E-state index contributed by atoms with van der Waals surface area (Å²) in [5, 5.41) is 16.3. The lowest BCUT2D eigenvalue weighted by molar-refractivity contribution is -0.144. The summed E-state index contributed by atoms with van der Waals surface area (Å²) in [5.74, 6) is -1.92. The number of unbranched alkanes of at least 4 members (excludes halogenated alkanes) is 1. The highest BCUT2D eigenvalue weighted by Gasteiger charge is 2.55. The number of carbonyl (C=O) groups excluding carboxylic acids is 3. The van der Waals surface area contributed by atoms with Gasteiger partial charge in [-0.25, -0.2) is 13.2 Å². The fourth-order valence-corrected chi connectivity index (χ4v) is 8.09. The summed E-state index contributed by atoms with van der Waals surface area (Å²) in [6, 6.07) is 23.7. The Hall–Kier alpha value is -4.35. The molecule has 3 N–H and O–H groups in total. The summed E-state index contributed by atoms with van der Waals surface area (Å²) in [7, 11) is -3.10. The van der Waals surface area contributed by atoms with Crippen molar-refractivity contribution in [1.29, 1.82) is 0 Å². The van der Waals surface area contributed by atoms with Gasteiger partial charge in [0.2, 0.25) is 11.8 Å². The zero-order chi connectivity index (χ0) is 35.2. The molecule has 0 radical (unpaired) electrons. The van der Waals surface area contributed by atoms with E-state index in [1.54, 1.807) is 24.3 Å². The highest BCUT2D eigenvalue weighted by atomic mass is 32.2. The van der Waals surface area contributed by atoms with Gasteiger partial charge >= 0.3 is 5.97 Å². The molecule has 11 heteroatoms. The minimum Gasteiger partial charge on any atom is -0.480 e. The molecule has 0 bridgehead atoms. The molecule has 3 aromatic carbocycles. The molecule has 2 amide bonds. The molecule has 3 aromatic rings. The molecule has 1 saturated carbocycles. The molecule has 1 aliphatic heterocycles. The first-order chi connectivity index (χ1) is 23.3. The van der Waals surface area contributed by atoms with Crippen LogP contribution in [-0.4, -0.2) is 61.2 Å².